The summed E-state index contributed by atoms with van der Waals surface area (Å²) in [7, 11) is 0. The van der Waals surface area contributed by atoms with Crippen LogP contribution >= 0.6 is 44.3 Å². The zero-order valence-electron chi connectivity index (χ0n) is 11.1. The van der Waals surface area contributed by atoms with Crippen molar-refractivity contribution in [2.45, 2.75) is 44.2 Å². The Kier molecular flexibility index (Phi) is 7.29. The molecule has 0 saturated heterocycles. The van der Waals surface area contributed by atoms with Gasteiger partial charge in [-0.15, -0.1) is 12.4 Å². The van der Waals surface area contributed by atoms with Crippen molar-refractivity contribution in [3.63, 3.8) is 0 Å². The van der Waals surface area contributed by atoms with Crippen molar-refractivity contribution in [2.24, 2.45) is 11.7 Å². The number of rotatable bonds is 3. The van der Waals surface area contributed by atoms with Gasteiger partial charge in [0.05, 0.1) is 21.1 Å². The molecule has 0 spiro atoms. The number of aliphatic hydroxyl groups is 1. The highest BCUT2D eigenvalue weighted by molar-refractivity contribution is 9.11. The maximum absolute atomic E-state index is 10.4. The van der Waals surface area contributed by atoms with Crippen LogP contribution in [0.2, 0.25) is 0 Å². The molecule has 1 aromatic carbocycles. The number of phenolic OH excluding ortho intramolecular Hbond substituents is 1. The average Bonchev–Trinajstić information content (AvgIpc) is 2.43. The van der Waals surface area contributed by atoms with Gasteiger partial charge < -0.3 is 15.9 Å². The number of aliphatic hydroxyl groups excluding tert-OH is 1. The van der Waals surface area contributed by atoms with Gasteiger partial charge in [0.1, 0.15) is 5.75 Å². The van der Waals surface area contributed by atoms with E-state index in [9.17, 15) is 10.2 Å². The van der Waals surface area contributed by atoms with Crippen molar-refractivity contribution in [2.75, 3.05) is 0 Å². The minimum atomic E-state index is -0.524. The van der Waals surface area contributed by atoms with Gasteiger partial charge in [-0.1, -0.05) is 19.3 Å². The number of hydrogen-bond acceptors (Lipinski definition) is 3. The molecule has 0 radical (unpaired) electrons. The maximum Gasteiger partial charge on any atom is 0.143 e. The lowest BCUT2D eigenvalue weighted by atomic mass is 9.81. The van der Waals surface area contributed by atoms with Crippen molar-refractivity contribution >= 4 is 44.3 Å². The summed E-state index contributed by atoms with van der Waals surface area (Å²) >= 11 is 6.59. The lowest BCUT2D eigenvalue weighted by Crippen LogP contribution is -2.34. The average molecular weight is 430 g/mol. The molecule has 6 heteroatoms. The Bertz CT molecular complexity index is 430. The first-order valence-electron chi connectivity index (χ1n) is 6.62. The highest BCUT2D eigenvalue weighted by Crippen LogP contribution is 2.37. The quantitative estimate of drug-likeness (QED) is 0.672. The van der Waals surface area contributed by atoms with Crippen LogP contribution in [0.1, 0.15) is 43.7 Å². The molecule has 3 nitrogen and oxygen atoms in total. The van der Waals surface area contributed by atoms with Gasteiger partial charge in [0.25, 0.3) is 0 Å². The molecule has 114 valence electrons. The Morgan fingerprint density at radius 3 is 2.10 bits per heavy atom. The number of aromatic hydroxyl groups is 1. The lowest BCUT2D eigenvalue weighted by Gasteiger charge is -2.30. The van der Waals surface area contributed by atoms with Crippen LogP contribution in [0.25, 0.3) is 0 Å². The summed E-state index contributed by atoms with van der Waals surface area (Å²) in [6.45, 7) is 0. The van der Waals surface area contributed by atoms with Gasteiger partial charge in [-0.3, -0.25) is 0 Å². The lowest BCUT2D eigenvalue weighted by molar-refractivity contribution is 0.0617. The maximum atomic E-state index is 10.4. The second kappa shape index (κ2) is 7.99. The summed E-state index contributed by atoms with van der Waals surface area (Å²) in [5, 5.41) is 20.1. The van der Waals surface area contributed by atoms with Crippen molar-refractivity contribution < 1.29 is 10.2 Å². The Balaban J connectivity index is 0.00000200. The SMILES string of the molecule is Cl.N[C@H](c1cc(Br)c(O)c(Br)c1)[C@@H](O)C1CCCCC1. The molecule has 2 atom stereocenters. The summed E-state index contributed by atoms with van der Waals surface area (Å²) in [5.74, 6) is 0.443. The first-order chi connectivity index (χ1) is 9.00. The van der Waals surface area contributed by atoms with Crippen LogP contribution in [-0.4, -0.2) is 16.3 Å². The summed E-state index contributed by atoms with van der Waals surface area (Å²) in [5.41, 5.74) is 7.01. The summed E-state index contributed by atoms with van der Waals surface area (Å²) in [6, 6.07) is 3.13. The Morgan fingerprint density at radius 2 is 1.60 bits per heavy atom. The molecule has 0 bridgehead atoms. The van der Waals surface area contributed by atoms with E-state index >= 15 is 0 Å². The Labute approximate surface area is 142 Å². The van der Waals surface area contributed by atoms with Crippen molar-refractivity contribution in [1.29, 1.82) is 0 Å². The van der Waals surface area contributed by atoms with Crippen LogP contribution in [0.4, 0.5) is 0 Å². The molecule has 4 N–H and O–H groups in total. The van der Waals surface area contributed by atoms with Gasteiger partial charge in [-0.05, 0) is 68.3 Å². The number of nitrogens with two attached hydrogens (primary N) is 1. The highest BCUT2D eigenvalue weighted by atomic mass is 79.9. The molecule has 0 aliphatic heterocycles. The number of benzene rings is 1. The van der Waals surface area contributed by atoms with Gasteiger partial charge in [-0.25, -0.2) is 0 Å². The standard InChI is InChI=1S/C14H19Br2NO2.ClH/c15-10-6-9(7-11(16)14(10)19)12(17)13(18)8-4-2-1-3-5-8;/h6-8,12-13,18-19H,1-5,17H2;1H/t12-,13+;/m1./s1. The fraction of sp³-hybridized carbons (Fsp3) is 0.571. The molecule has 1 aromatic rings. The minimum absolute atomic E-state index is 0. The minimum Gasteiger partial charge on any atom is -0.506 e. The molecule has 1 fully saturated rings. The molecule has 0 aromatic heterocycles. The molecule has 2 rings (SSSR count). The fourth-order valence-electron chi connectivity index (χ4n) is 2.74. The summed E-state index contributed by atoms with van der Waals surface area (Å²) < 4.78 is 1.17. The fourth-order valence-corrected chi connectivity index (χ4v) is 3.97. The second-order valence-corrected chi connectivity index (χ2v) is 6.96. The van der Waals surface area contributed by atoms with E-state index in [1.807, 2.05) is 0 Å². The number of phenols is 1. The van der Waals surface area contributed by atoms with Crippen LogP contribution in [0, 0.1) is 5.92 Å². The summed E-state index contributed by atoms with van der Waals surface area (Å²) in [4.78, 5) is 0. The predicted octanol–water partition coefficient (Wildman–Crippen LogP) is 4.28. The van der Waals surface area contributed by atoms with E-state index in [0.29, 0.717) is 8.95 Å². The van der Waals surface area contributed by atoms with Gasteiger partial charge in [0.15, 0.2) is 0 Å². The third-order valence-corrected chi connectivity index (χ3v) is 5.13. The van der Waals surface area contributed by atoms with E-state index in [0.717, 1.165) is 18.4 Å². The van der Waals surface area contributed by atoms with Gasteiger partial charge >= 0.3 is 0 Å². The van der Waals surface area contributed by atoms with Crippen molar-refractivity contribution in [3.8, 4) is 5.75 Å². The third kappa shape index (κ3) is 4.10. The van der Waals surface area contributed by atoms with Crippen LogP contribution in [0.5, 0.6) is 5.75 Å². The number of halogens is 3. The van der Waals surface area contributed by atoms with E-state index in [-0.39, 0.29) is 24.1 Å². The molecule has 1 aliphatic carbocycles. The second-order valence-electron chi connectivity index (χ2n) is 5.25. The molecule has 1 saturated carbocycles. The van der Waals surface area contributed by atoms with E-state index in [2.05, 4.69) is 31.9 Å². The monoisotopic (exact) mass is 427 g/mol. The van der Waals surface area contributed by atoms with Gasteiger partial charge in [0, 0.05) is 0 Å². The molecular formula is C14H20Br2ClNO2. The van der Waals surface area contributed by atoms with Gasteiger partial charge in [-0.2, -0.15) is 0 Å². The Morgan fingerprint density at radius 1 is 1.10 bits per heavy atom. The molecule has 0 unspecified atom stereocenters. The highest BCUT2D eigenvalue weighted by Gasteiger charge is 2.28. The van der Waals surface area contributed by atoms with Gasteiger partial charge in [0.2, 0.25) is 0 Å². The normalized spacial score (nSPS) is 19.2. The van der Waals surface area contributed by atoms with Crippen molar-refractivity contribution in [3.05, 3.63) is 26.6 Å². The van der Waals surface area contributed by atoms with Crippen LogP contribution in [0.15, 0.2) is 21.1 Å². The van der Waals surface area contributed by atoms with E-state index < -0.39 is 12.1 Å². The third-order valence-electron chi connectivity index (χ3n) is 3.92. The van der Waals surface area contributed by atoms with Crippen molar-refractivity contribution in [1.82, 2.24) is 0 Å². The Hall–Kier alpha value is 0.190. The van der Waals surface area contributed by atoms with E-state index in [4.69, 9.17) is 5.73 Å². The zero-order valence-corrected chi connectivity index (χ0v) is 15.0. The topological polar surface area (TPSA) is 66.5 Å². The predicted molar refractivity (Wildman–Crippen MR) is 90.3 cm³/mol. The van der Waals surface area contributed by atoms with Crippen LogP contribution < -0.4 is 5.73 Å². The number of hydrogen-bond donors (Lipinski definition) is 3. The largest absolute Gasteiger partial charge is 0.506 e. The zero-order chi connectivity index (χ0) is 14.0. The van der Waals surface area contributed by atoms with Crippen LogP contribution in [-0.2, 0) is 0 Å². The molecule has 0 amide bonds. The molecule has 20 heavy (non-hydrogen) atoms. The van der Waals surface area contributed by atoms with E-state index in [1.165, 1.54) is 19.3 Å². The molecule has 0 heterocycles. The van der Waals surface area contributed by atoms with Crippen LogP contribution in [0.3, 0.4) is 0 Å². The first-order valence-corrected chi connectivity index (χ1v) is 8.21. The molecule has 1 aliphatic rings. The first kappa shape index (κ1) is 18.2. The smallest absolute Gasteiger partial charge is 0.143 e. The van der Waals surface area contributed by atoms with E-state index in [1.54, 1.807) is 12.1 Å². The molecular weight excluding hydrogens is 409 g/mol. The summed E-state index contributed by atoms with van der Waals surface area (Å²) in [6.07, 6.45) is 5.19.